The lowest BCUT2D eigenvalue weighted by Crippen LogP contribution is -2.16. The molecule has 8 nitrogen and oxygen atoms in total. The van der Waals surface area contributed by atoms with Crippen molar-refractivity contribution in [3.05, 3.63) is 131 Å². The van der Waals surface area contributed by atoms with Crippen molar-refractivity contribution in [3.63, 3.8) is 0 Å². The molecule has 46 heavy (non-hydrogen) atoms. The van der Waals surface area contributed by atoms with Gasteiger partial charge in [0.25, 0.3) is 5.91 Å². The van der Waals surface area contributed by atoms with E-state index in [2.05, 4.69) is 66.3 Å². The van der Waals surface area contributed by atoms with E-state index in [1.165, 1.54) is 12.7 Å². The number of anilines is 1. The maximum absolute atomic E-state index is 13.0. The molecule has 0 unspecified atom stereocenters. The smallest absolute Gasteiger partial charge is 0.339 e. The Morgan fingerprint density at radius 2 is 1.63 bits per heavy atom. The number of fused-ring (bicyclic) bond motifs is 1. The summed E-state index contributed by atoms with van der Waals surface area (Å²) in [5.74, 6) is -0.391. The van der Waals surface area contributed by atoms with Crippen molar-refractivity contribution in [1.82, 2.24) is 4.57 Å². The largest absolute Gasteiger partial charge is 0.493 e. The van der Waals surface area contributed by atoms with Crippen LogP contribution in [0.25, 0.3) is 10.9 Å². The Balaban J connectivity index is 1.16. The van der Waals surface area contributed by atoms with Gasteiger partial charge in [0.05, 0.1) is 31.2 Å². The molecule has 1 heterocycles. The monoisotopic (exact) mass is 617 g/mol. The summed E-state index contributed by atoms with van der Waals surface area (Å²) in [6, 6.07) is 30.9. The minimum atomic E-state index is -0.556. The number of oxime groups is 1. The Morgan fingerprint density at radius 1 is 0.891 bits per heavy atom. The number of carbonyl (C=O) groups excluding carboxylic acids is 2. The van der Waals surface area contributed by atoms with Crippen LogP contribution in [0.15, 0.2) is 108 Å². The summed E-state index contributed by atoms with van der Waals surface area (Å²) in [6.07, 6.45) is 4.40. The average molecular weight is 618 g/mol. The van der Waals surface area contributed by atoms with Crippen LogP contribution in [0, 0.1) is 0 Å². The van der Waals surface area contributed by atoms with Crippen LogP contribution in [0.2, 0.25) is 0 Å². The van der Waals surface area contributed by atoms with Gasteiger partial charge in [-0.1, -0.05) is 86.6 Å². The number of hydrogen-bond acceptors (Lipinski definition) is 6. The number of ether oxygens (including phenoxy) is 2. The van der Waals surface area contributed by atoms with E-state index in [9.17, 15) is 9.59 Å². The van der Waals surface area contributed by atoms with Crippen LogP contribution in [-0.4, -0.2) is 43.0 Å². The van der Waals surface area contributed by atoms with Gasteiger partial charge >= 0.3 is 5.97 Å². The molecule has 1 aromatic heterocycles. The summed E-state index contributed by atoms with van der Waals surface area (Å²) in [6.45, 7) is 7.82. The lowest BCUT2D eigenvalue weighted by Gasteiger charge is -2.19. The molecule has 4 aromatic carbocycles. The van der Waals surface area contributed by atoms with Gasteiger partial charge in [-0.25, -0.2) is 4.79 Å². The number of carbonyl (C=O) groups is 2. The van der Waals surface area contributed by atoms with Gasteiger partial charge in [0, 0.05) is 47.3 Å². The molecule has 0 saturated heterocycles. The third-order valence-electron chi connectivity index (χ3n) is 7.59. The number of methoxy groups -OCH3 is 1. The van der Waals surface area contributed by atoms with Gasteiger partial charge in [-0.15, -0.1) is 0 Å². The molecular formula is C38H39N3O5. The summed E-state index contributed by atoms with van der Waals surface area (Å²) in [5, 5.41) is 8.14. The Labute approximate surface area is 269 Å². The second-order valence-electron chi connectivity index (χ2n) is 12.0. The molecule has 0 aliphatic rings. The first kappa shape index (κ1) is 32.0. The molecule has 0 saturated carbocycles. The van der Waals surface area contributed by atoms with Crippen molar-refractivity contribution < 1.29 is 23.9 Å². The molecule has 1 amide bonds. The predicted molar refractivity (Wildman–Crippen MR) is 182 cm³/mol. The van der Waals surface area contributed by atoms with E-state index in [0.717, 1.165) is 28.6 Å². The highest BCUT2D eigenvalue weighted by Gasteiger charge is 2.18. The zero-order chi connectivity index (χ0) is 32.5. The van der Waals surface area contributed by atoms with Gasteiger partial charge < -0.3 is 24.2 Å². The number of esters is 1. The van der Waals surface area contributed by atoms with Gasteiger partial charge in [-0.3, -0.25) is 4.79 Å². The van der Waals surface area contributed by atoms with Gasteiger partial charge in [0.1, 0.15) is 12.4 Å². The van der Waals surface area contributed by atoms with Crippen molar-refractivity contribution in [1.29, 1.82) is 0 Å². The second kappa shape index (κ2) is 14.6. The molecular weight excluding hydrogens is 578 g/mol. The number of aromatic nitrogens is 1. The summed E-state index contributed by atoms with van der Waals surface area (Å²) in [4.78, 5) is 31.0. The van der Waals surface area contributed by atoms with Crippen molar-refractivity contribution in [3.8, 4) is 5.75 Å². The van der Waals surface area contributed by atoms with E-state index in [1.807, 2.05) is 42.5 Å². The average Bonchev–Trinajstić information content (AvgIpc) is 3.41. The van der Waals surface area contributed by atoms with Gasteiger partial charge in [0.15, 0.2) is 0 Å². The highest BCUT2D eigenvalue weighted by Crippen LogP contribution is 2.26. The number of benzene rings is 4. The molecule has 5 rings (SSSR count). The van der Waals surface area contributed by atoms with Gasteiger partial charge in [0.2, 0.25) is 0 Å². The molecule has 0 bridgehead atoms. The summed E-state index contributed by atoms with van der Waals surface area (Å²) in [5.41, 5.74) is 5.45. The Hall–Kier alpha value is -5.37. The molecule has 0 aliphatic carbocycles. The lowest BCUT2D eigenvalue weighted by molar-refractivity contribution is 0.0602. The number of rotatable bonds is 12. The predicted octanol–water partition coefficient (Wildman–Crippen LogP) is 7.85. The first-order valence-corrected chi connectivity index (χ1v) is 15.3. The van der Waals surface area contributed by atoms with E-state index in [-0.39, 0.29) is 16.9 Å². The van der Waals surface area contributed by atoms with Gasteiger partial charge in [-0.05, 0) is 46.9 Å². The zero-order valence-corrected chi connectivity index (χ0v) is 26.7. The standard InChI is InChI=1S/C38H39N3O5/c1-38(2,3)30-17-15-28(16-18-30)36(42)40-34-23-31(19-20-33(34)37(43)44-4)45-21-10-22-46-39-24-29-26-41(25-27-11-6-5-7-12-27)35-14-9-8-13-32(29)35/h5-9,11-20,23-24,26H,10,21-22,25H2,1-4H3,(H,40,42)/b39-24-. The third-order valence-corrected chi connectivity index (χ3v) is 7.59. The van der Waals surface area contributed by atoms with Crippen LogP contribution in [0.5, 0.6) is 5.75 Å². The SMILES string of the molecule is COC(=O)c1ccc(OCCCO/N=C\c2cn(Cc3ccccc3)c3ccccc23)cc1NC(=O)c1ccc(C(C)(C)C)cc1. The maximum Gasteiger partial charge on any atom is 0.339 e. The minimum Gasteiger partial charge on any atom is -0.493 e. The van der Waals surface area contributed by atoms with E-state index in [1.54, 1.807) is 36.5 Å². The molecule has 0 atom stereocenters. The minimum absolute atomic E-state index is 0.0273. The van der Waals surface area contributed by atoms with Crippen LogP contribution < -0.4 is 10.1 Å². The van der Waals surface area contributed by atoms with Crippen LogP contribution in [0.3, 0.4) is 0 Å². The van der Waals surface area contributed by atoms with Crippen molar-refractivity contribution in [2.75, 3.05) is 25.6 Å². The van der Waals surface area contributed by atoms with E-state index < -0.39 is 5.97 Å². The van der Waals surface area contributed by atoms with Crippen LogP contribution >= 0.6 is 0 Å². The Morgan fingerprint density at radius 3 is 2.37 bits per heavy atom. The van der Waals surface area contributed by atoms with E-state index >= 15 is 0 Å². The first-order valence-electron chi connectivity index (χ1n) is 15.3. The molecule has 0 spiro atoms. The normalized spacial score (nSPS) is 11.5. The topological polar surface area (TPSA) is 91.2 Å². The summed E-state index contributed by atoms with van der Waals surface area (Å²) >= 11 is 0. The molecule has 5 aromatic rings. The number of para-hydroxylation sites is 1. The highest BCUT2D eigenvalue weighted by atomic mass is 16.6. The Bertz CT molecular complexity index is 1820. The summed E-state index contributed by atoms with van der Waals surface area (Å²) < 4.78 is 13.0. The fourth-order valence-corrected chi connectivity index (χ4v) is 5.07. The van der Waals surface area contributed by atoms with E-state index in [4.69, 9.17) is 14.3 Å². The molecule has 0 aliphatic heterocycles. The first-order chi connectivity index (χ1) is 22.2. The number of nitrogens with one attached hydrogen (secondary N) is 1. The highest BCUT2D eigenvalue weighted by molar-refractivity contribution is 6.08. The molecule has 236 valence electrons. The van der Waals surface area contributed by atoms with E-state index in [0.29, 0.717) is 36.6 Å². The molecule has 0 fully saturated rings. The van der Waals surface area contributed by atoms with Crippen LogP contribution in [0.1, 0.15) is 64.6 Å². The number of hydrogen-bond donors (Lipinski definition) is 1. The maximum atomic E-state index is 13.0. The second-order valence-corrected chi connectivity index (χ2v) is 12.0. The van der Waals surface area contributed by atoms with Crippen molar-refractivity contribution in [2.24, 2.45) is 5.16 Å². The quantitative estimate of drug-likeness (QED) is 0.0667. The summed E-state index contributed by atoms with van der Waals surface area (Å²) in [7, 11) is 1.30. The third kappa shape index (κ3) is 8.01. The van der Waals surface area contributed by atoms with Crippen LogP contribution in [-0.2, 0) is 21.5 Å². The fraction of sp³-hybridized carbons (Fsp3) is 0.237. The van der Waals surface area contributed by atoms with Gasteiger partial charge in [-0.2, -0.15) is 0 Å². The number of nitrogens with zero attached hydrogens (tertiary/aromatic N) is 2. The zero-order valence-electron chi connectivity index (χ0n) is 26.7. The van der Waals surface area contributed by atoms with Crippen molar-refractivity contribution >= 4 is 34.7 Å². The fourth-order valence-electron chi connectivity index (χ4n) is 5.07. The molecule has 1 N–H and O–H groups in total. The van der Waals surface area contributed by atoms with Crippen molar-refractivity contribution in [2.45, 2.75) is 39.2 Å². The van der Waals surface area contributed by atoms with Crippen LogP contribution in [0.4, 0.5) is 5.69 Å². The Kier molecular flexibility index (Phi) is 10.2. The molecule has 8 heteroatoms. The number of amides is 1. The lowest BCUT2D eigenvalue weighted by atomic mass is 9.86. The molecule has 0 radical (unpaired) electrons.